The first kappa shape index (κ1) is 56.1. The summed E-state index contributed by atoms with van der Waals surface area (Å²) >= 11 is 0. The van der Waals surface area contributed by atoms with Crippen molar-refractivity contribution in [2.45, 2.75) is 150 Å². The van der Waals surface area contributed by atoms with Crippen LogP contribution in [0, 0.1) is 0 Å². The first-order valence-corrected chi connectivity index (χ1v) is 22.8. The molecule has 0 aromatic heterocycles. The summed E-state index contributed by atoms with van der Waals surface area (Å²) in [7, 11) is 1.27. The van der Waals surface area contributed by atoms with E-state index in [2.05, 4.69) is 20.7 Å². The van der Waals surface area contributed by atoms with E-state index < -0.39 is 147 Å². The molecule has 2 aromatic carbocycles. The van der Waals surface area contributed by atoms with Crippen LogP contribution in [0.5, 0.6) is 0 Å². The molecule has 2 aromatic rings. The highest BCUT2D eigenvalue weighted by molar-refractivity contribution is 5.79. The van der Waals surface area contributed by atoms with Crippen LogP contribution in [0.25, 0.3) is 11.1 Å². The van der Waals surface area contributed by atoms with Gasteiger partial charge in [-0.05, 0) is 29.5 Å². The molecular formula is C46H65N3O21. The second-order valence-corrected chi connectivity index (χ2v) is 17.4. The molecule has 24 heteroatoms. The first-order valence-electron chi connectivity index (χ1n) is 22.8. The van der Waals surface area contributed by atoms with E-state index in [1.165, 1.54) is 7.11 Å². The number of benzene rings is 2. The Morgan fingerprint density at radius 1 is 0.786 bits per heavy atom. The Kier molecular flexibility index (Phi) is 20.9. The van der Waals surface area contributed by atoms with Gasteiger partial charge in [-0.25, -0.2) is 4.79 Å². The number of hydrogen-bond acceptors (Lipinski definition) is 20. The smallest absolute Gasteiger partial charge is 0.364 e. The lowest BCUT2D eigenvalue weighted by Gasteiger charge is -2.48. The number of rotatable bonds is 23. The molecule has 0 saturated carbocycles. The number of carbonyl (C=O) groups excluding carboxylic acids is 4. The van der Waals surface area contributed by atoms with Gasteiger partial charge in [-0.3, -0.25) is 19.2 Å². The first-order chi connectivity index (χ1) is 33.3. The number of carboxylic acid groups (broad SMARTS) is 1. The normalized spacial score (nSPS) is 32.0. The van der Waals surface area contributed by atoms with E-state index in [4.69, 9.17) is 28.4 Å². The number of aliphatic carboxylic acids is 1. The number of esters is 1. The Labute approximate surface area is 402 Å². The Balaban J connectivity index is 1.24. The highest BCUT2D eigenvalue weighted by Crippen LogP contribution is 2.36. The fraction of sp³-hybridized carbons (Fsp3) is 0.630. The zero-order valence-electron chi connectivity index (χ0n) is 38.9. The lowest BCUT2D eigenvalue weighted by atomic mass is 9.88. The van der Waals surface area contributed by atoms with Crippen LogP contribution in [0.2, 0.25) is 0 Å². The molecule has 5 rings (SSSR count). The molecule has 24 nitrogen and oxygen atoms in total. The maximum Gasteiger partial charge on any atom is 0.364 e. The molecule has 3 fully saturated rings. The van der Waals surface area contributed by atoms with E-state index in [0.29, 0.717) is 24.8 Å². The van der Waals surface area contributed by atoms with Gasteiger partial charge in [0.05, 0.1) is 45.0 Å². The Morgan fingerprint density at radius 3 is 2.06 bits per heavy atom. The van der Waals surface area contributed by atoms with E-state index in [1.54, 1.807) is 12.1 Å². The van der Waals surface area contributed by atoms with Gasteiger partial charge in [0.2, 0.25) is 17.7 Å². The zero-order valence-corrected chi connectivity index (χ0v) is 38.9. The van der Waals surface area contributed by atoms with Gasteiger partial charge in [-0.2, -0.15) is 0 Å². The predicted octanol–water partition coefficient (Wildman–Crippen LogP) is -3.29. The molecule has 0 spiro atoms. The molecule has 16 atom stereocenters. The third-order valence-corrected chi connectivity index (χ3v) is 12.1. The number of unbranched alkanes of at least 4 members (excludes halogenated alkanes) is 2. The third kappa shape index (κ3) is 14.7. The van der Waals surface area contributed by atoms with E-state index in [-0.39, 0.29) is 25.4 Å². The van der Waals surface area contributed by atoms with Crippen LogP contribution in [0.1, 0.15) is 51.5 Å². The number of aliphatic hydroxyl groups excluding tert-OH is 8. The van der Waals surface area contributed by atoms with Gasteiger partial charge < -0.3 is 95.1 Å². The second-order valence-electron chi connectivity index (χ2n) is 17.4. The van der Waals surface area contributed by atoms with Crippen molar-refractivity contribution in [2.75, 3.05) is 33.5 Å². The van der Waals surface area contributed by atoms with Gasteiger partial charge >= 0.3 is 11.9 Å². The van der Waals surface area contributed by atoms with Crippen LogP contribution >= 0.6 is 0 Å². The van der Waals surface area contributed by atoms with Crippen LogP contribution in [0.4, 0.5) is 0 Å². The van der Waals surface area contributed by atoms with Crippen LogP contribution in [0.3, 0.4) is 0 Å². The molecule has 3 amide bonds. The Bertz CT molecular complexity index is 2020. The minimum Gasteiger partial charge on any atom is -0.477 e. The third-order valence-electron chi connectivity index (χ3n) is 12.1. The molecule has 0 unspecified atom stereocenters. The van der Waals surface area contributed by atoms with E-state index >= 15 is 0 Å². The molecule has 0 radical (unpaired) electrons. The average Bonchev–Trinajstić information content (AvgIpc) is 3.33. The standard InChI is InChI=1S/C46H65N3O21/c1-23(51)48-34-28(53)19-46(45(62)63,70-42(34)36(57)29(54)20-47-32(55)18-25-13-15-27(16-14-25)26-10-6-4-7-11-26)66-22-31-37(58)39(60)40(61)44(68-31)69-41-30(21-50)67-43(35(38(41)59)49-24(2)52)65-17-9-5-8-12-33(56)64-3/h4,6-7,10-11,13-16,28-31,34-44,50,53-54,57-61H,5,8-9,12,17-22H2,1-3H3,(H,47,55)(H,48,51)(H,49,52)(H,62,63)/t28-,29+,30+,31+,34+,35+,36+,37-,38+,39-,40+,41+,42+,43+,44-,46+/m0/s1. The van der Waals surface area contributed by atoms with Crippen LogP contribution in [0.15, 0.2) is 54.6 Å². The van der Waals surface area contributed by atoms with Gasteiger partial charge in [-0.1, -0.05) is 61.0 Å². The molecule has 3 aliphatic heterocycles. The number of nitrogens with one attached hydrogen (secondary N) is 3. The zero-order chi connectivity index (χ0) is 51.3. The van der Waals surface area contributed by atoms with E-state index in [0.717, 1.165) is 25.0 Å². The van der Waals surface area contributed by atoms with Gasteiger partial charge in [0.15, 0.2) is 12.6 Å². The van der Waals surface area contributed by atoms with E-state index in [9.17, 15) is 69.9 Å². The largest absolute Gasteiger partial charge is 0.477 e. The van der Waals surface area contributed by atoms with Crippen molar-refractivity contribution in [3.63, 3.8) is 0 Å². The Hall–Kier alpha value is -4.77. The number of carboxylic acids is 1. The van der Waals surface area contributed by atoms with Crippen molar-refractivity contribution in [1.82, 2.24) is 16.0 Å². The molecule has 0 aliphatic carbocycles. The summed E-state index contributed by atoms with van der Waals surface area (Å²) in [5.74, 6) is -7.09. The molecule has 3 aliphatic rings. The quantitative estimate of drug-likeness (QED) is 0.0383. The number of methoxy groups -OCH3 is 1. The molecule has 390 valence electrons. The highest BCUT2D eigenvalue weighted by atomic mass is 16.8. The molecule has 3 saturated heterocycles. The molecule has 12 N–H and O–H groups in total. The summed E-state index contributed by atoms with van der Waals surface area (Å²) in [6.45, 7) is -0.134. The number of carbonyl (C=O) groups is 5. The van der Waals surface area contributed by atoms with Gasteiger partial charge in [0.1, 0.15) is 61.0 Å². The number of aliphatic hydroxyl groups is 8. The molecule has 3 heterocycles. The topological polar surface area (TPSA) is 368 Å². The minimum absolute atomic E-state index is 0.0473. The van der Waals surface area contributed by atoms with Gasteiger partial charge in [-0.15, -0.1) is 0 Å². The number of ether oxygens (including phenoxy) is 7. The van der Waals surface area contributed by atoms with Crippen molar-refractivity contribution in [2.24, 2.45) is 0 Å². The van der Waals surface area contributed by atoms with Crippen LogP contribution in [-0.2, 0) is 63.6 Å². The summed E-state index contributed by atoms with van der Waals surface area (Å²) in [5, 5.41) is 106. The maximum absolute atomic E-state index is 13.0. The monoisotopic (exact) mass is 995 g/mol. The Morgan fingerprint density at radius 2 is 1.43 bits per heavy atom. The fourth-order valence-electron chi connectivity index (χ4n) is 8.36. The lowest BCUT2D eigenvalue weighted by Crippen LogP contribution is -2.69. The summed E-state index contributed by atoms with van der Waals surface area (Å²) in [6, 6.07) is 13.8. The number of hydrogen-bond donors (Lipinski definition) is 12. The van der Waals surface area contributed by atoms with Crippen LogP contribution in [-0.4, -0.2) is 207 Å². The molecule has 70 heavy (non-hydrogen) atoms. The molecule has 0 bridgehead atoms. The summed E-state index contributed by atoms with van der Waals surface area (Å²) in [4.78, 5) is 61.7. The van der Waals surface area contributed by atoms with Crippen molar-refractivity contribution >= 4 is 29.7 Å². The van der Waals surface area contributed by atoms with Gasteiger partial charge in [0, 0.05) is 39.8 Å². The van der Waals surface area contributed by atoms with Crippen molar-refractivity contribution < 1.29 is 103 Å². The van der Waals surface area contributed by atoms with Crippen molar-refractivity contribution in [3.8, 4) is 11.1 Å². The maximum atomic E-state index is 13.0. The second kappa shape index (κ2) is 26.1. The van der Waals surface area contributed by atoms with Crippen molar-refractivity contribution in [1.29, 1.82) is 0 Å². The summed E-state index contributed by atoms with van der Waals surface area (Å²) < 4.78 is 39.3. The van der Waals surface area contributed by atoms with Gasteiger partial charge in [0.25, 0.3) is 5.79 Å². The SMILES string of the molecule is COC(=O)CCCCCO[C@@H]1O[C@H](CO)[C@@H](O[C@@H]2O[C@H](CO[C@]3(C(=O)O)C[C@H](O)[C@@H](NC(C)=O)[C@H]([C@H](O)[C@H](O)CNC(=O)Cc4ccc(-c5ccccc5)cc4)O3)[C@H](O)[C@H](O)[C@H]2O)[C@H](O)[C@H]1NC(C)=O. The lowest BCUT2D eigenvalue weighted by molar-refractivity contribution is -0.360. The van der Waals surface area contributed by atoms with Crippen molar-refractivity contribution in [3.05, 3.63) is 60.2 Å². The average molecular weight is 996 g/mol. The van der Waals surface area contributed by atoms with Crippen LogP contribution < -0.4 is 16.0 Å². The summed E-state index contributed by atoms with van der Waals surface area (Å²) in [6.07, 6.45) is -23.1. The van der Waals surface area contributed by atoms with E-state index in [1.807, 2.05) is 42.5 Å². The highest BCUT2D eigenvalue weighted by Gasteiger charge is 2.57. The summed E-state index contributed by atoms with van der Waals surface area (Å²) in [5.41, 5.74) is 2.53. The fourth-order valence-corrected chi connectivity index (χ4v) is 8.36. The predicted molar refractivity (Wildman–Crippen MR) is 237 cm³/mol. The minimum atomic E-state index is -2.91. The number of amides is 3. The molecular weight excluding hydrogens is 931 g/mol.